The molecule has 0 fully saturated rings. The van der Waals surface area contributed by atoms with Crippen LogP contribution in [0.15, 0.2) is 18.2 Å². The summed E-state index contributed by atoms with van der Waals surface area (Å²) in [6, 6.07) is 5.02. The zero-order valence-electron chi connectivity index (χ0n) is 11.0. The zero-order chi connectivity index (χ0) is 14.0. The number of phenolic OH excluding ortho intramolecular Hbond substituents is 1. The monoisotopic (exact) mass is 277 g/mol. The van der Waals surface area contributed by atoms with Crippen LogP contribution in [-0.2, 0) is 0 Å². The van der Waals surface area contributed by atoms with Gasteiger partial charge in [0.15, 0.2) is 0 Å². The lowest BCUT2D eigenvalue weighted by Crippen LogP contribution is -2.13. The predicted octanol–water partition coefficient (Wildman–Crippen LogP) is 2.93. The number of carbonyl (C=O) groups is 1. The summed E-state index contributed by atoms with van der Waals surface area (Å²) in [5.74, 6) is 0.0530. The highest BCUT2D eigenvalue weighted by atomic mass is 32.1. The second kappa shape index (κ2) is 5.36. The SMILES string of the molecule is Cc1ccc(NC(=O)c2snnc2C(C)C)cc1O. The molecule has 0 aliphatic rings. The maximum absolute atomic E-state index is 12.1. The number of aryl methyl sites for hydroxylation is 1. The van der Waals surface area contributed by atoms with Crippen LogP contribution in [0.3, 0.4) is 0 Å². The zero-order valence-corrected chi connectivity index (χ0v) is 11.8. The molecule has 1 aromatic carbocycles. The van der Waals surface area contributed by atoms with E-state index in [1.54, 1.807) is 19.1 Å². The van der Waals surface area contributed by atoms with E-state index in [1.807, 2.05) is 13.8 Å². The molecule has 0 unspecified atom stereocenters. The van der Waals surface area contributed by atoms with Crippen LogP contribution in [0, 0.1) is 6.92 Å². The summed E-state index contributed by atoms with van der Waals surface area (Å²) in [5.41, 5.74) is 2.01. The van der Waals surface area contributed by atoms with Crippen LogP contribution in [0.5, 0.6) is 5.75 Å². The van der Waals surface area contributed by atoms with Gasteiger partial charge >= 0.3 is 0 Å². The molecule has 1 amide bonds. The Balaban J connectivity index is 2.21. The molecule has 0 saturated carbocycles. The molecule has 19 heavy (non-hydrogen) atoms. The van der Waals surface area contributed by atoms with Crippen LogP contribution in [0.1, 0.15) is 40.7 Å². The molecular formula is C13H15N3O2S. The lowest BCUT2D eigenvalue weighted by molar-refractivity contribution is 0.102. The highest BCUT2D eigenvalue weighted by Gasteiger charge is 2.18. The van der Waals surface area contributed by atoms with Gasteiger partial charge in [-0.05, 0) is 36.0 Å². The lowest BCUT2D eigenvalue weighted by Gasteiger charge is -2.07. The van der Waals surface area contributed by atoms with Crippen LogP contribution in [-0.4, -0.2) is 20.6 Å². The summed E-state index contributed by atoms with van der Waals surface area (Å²) >= 11 is 1.08. The first kappa shape index (κ1) is 13.5. The standard InChI is InChI=1S/C13H15N3O2S/c1-7(2)11-12(19-16-15-11)13(18)14-9-5-4-8(3)10(17)6-9/h4-7,17H,1-3H3,(H,14,18). The van der Waals surface area contributed by atoms with Gasteiger partial charge in [0.1, 0.15) is 10.6 Å². The molecule has 2 aromatic rings. The van der Waals surface area contributed by atoms with E-state index in [0.717, 1.165) is 17.1 Å². The summed E-state index contributed by atoms with van der Waals surface area (Å²) in [4.78, 5) is 12.6. The third-order valence-electron chi connectivity index (χ3n) is 2.73. The molecule has 0 aliphatic heterocycles. The van der Waals surface area contributed by atoms with Gasteiger partial charge in [-0.15, -0.1) is 5.10 Å². The Morgan fingerprint density at radius 2 is 2.16 bits per heavy atom. The number of rotatable bonds is 3. The summed E-state index contributed by atoms with van der Waals surface area (Å²) < 4.78 is 3.82. The van der Waals surface area contributed by atoms with Gasteiger partial charge in [-0.2, -0.15) is 0 Å². The molecule has 2 N–H and O–H groups in total. The van der Waals surface area contributed by atoms with Crippen molar-refractivity contribution >= 4 is 23.1 Å². The number of carbonyl (C=O) groups excluding carboxylic acids is 1. The van der Waals surface area contributed by atoms with Gasteiger partial charge in [0, 0.05) is 11.8 Å². The van der Waals surface area contributed by atoms with E-state index < -0.39 is 0 Å². The van der Waals surface area contributed by atoms with Gasteiger partial charge < -0.3 is 10.4 Å². The van der Waals surface area contributed by atoms with Crippen molar-refractivity contribution in [3.05, 3.63) is 34.3 Å². The number of amides is 1. The number of nitrogens with zero attached hydrogens (tertiary/aromatic N) is 2. The Bertz CT molecular complexity index is 608. The van der Waals surface area contributed by atoms with Gasteiger partial charge in [0.25, 0.3) is 5.91 Å². The first-order valence-corrected chi connectivity index (χ1v) is 6.69. The Hall–Kier alpha value is -1.95. The van der Waals surface area contributed by atoms with Crippen molar-refractivity contribution in [3.63, 3.8) is 0 Å². The van der Waals surface area contributed by atoms with E-state index in [0.29, 0.717) is 16.3 Å². The van der Waals surface area contributed by atoms with Crippen molar-refractivity contribution in [3.8, 4) is 5.75 Å². The Kier molecular flexibility index (Phi) is 3.80. The minimum absolute atomic E-state index is 0.144. The van der Waals surface area contributed by atoms with E-state index >= 15 is 0 Å². The number of anilines is 1. The first-order valence-electron chi connectivity index (χ1n) is 5.92. The maximum Gasteiger partial charge on any atom is 0.269 e. The fourth-order valence-corrected chi connectivity index (χ4v) is 2.32. The van der Waals surface area contributed by atoms with Crippen molar-refractivity contribution in [2.24, 2.45) is 0 Å². The van der Waals surface area contributed by atoms with Gasteiger partial charge in [0.05, 0.1) is 5.69 Å². The molecule has 2 rings (SSSR count). The molecule has 0 spiro atoms. The Morgan fingerprint density at radius 1 is 1.42 bits per heavy atom. The van der Waals surface area contributed by atoms with Crippen LogP contribution in [0.25, 0.3) is 0 Å². The number of hydrogen-bond acceptors (Lipinski definition) is 5. The summed E-state index contributed by atoms with van der Waals surface area (Å²) in [6.07, 6.45) is 0. The van der Waals surface area contributed by atoms with Crippen LogP contribution >= 0.6 is 11.5 Å². The minimum atomic E-state index is -0.248. The largest absolute Gasteiger partial charge is 0.508 e. The number of phenols is 1. The number of hydrogen-bond donors (Lipinski definition) is 2. The van der Waals surface area contributed by atoms with Crippen molar-refractivity contribution in [1.29, 1.82) is 0 Å². The molecule has 6 heteroatoms. The number of aromatic nitrogens is 2. The van der Waals surface area contributed by atoms with Crippen LogP contribution in [0.4, 0.5) is 5.69 Å². The molecule has 1 aromatic heterocycles. The van der Waals surface area contributed by atoms with Crippen LogP contribution < -0.4 is 5.32 Å². The highest BCUT2D eigenvalue weighted by Crippen LogP contribution is 2.24. The van der Waals surface area contributed by atoms with E-state index in [9.17, 15) is 9.90 Å². The normalized spacial score (nSPS) is 10.7. The van der Waals surface area contributed by atoms with Crippen molar-refractivity contribution < 1.29 is 9.90 Å². The van der Waals surface area contributed by atoms with E-state index in [2.05, 4.69) is 14.9 Å². The summed E-state index contributed by atoms with van der Waals surface area (Å²) in [6.45, 7) is 5.72. The molecule has 0 bridgehead atoms. The van der Waals surface area contributed by atoms with Gasteiger partial charge in [-0.3, -0.25) is 4.79 Å². The number of nitrogens with one attached hydrogen (secondary N) is 1. The third-order valence-corrected chi connectivity index (χ3v) is 3.47. The first-order chi connectivity index (χ1) is 8.99. The smallest absolute Gasteiger partial charge is 0.269 e. The maximum atomic E-state index is 12.1. The van der Waals surface area contributed by atoms with E-state index in [-0.39, 0.29) is 17.6 Å². The molecule has 5 nitrogen and oxygen atoms in total. The fourth-order valence-electron chi connectivity index (χ4n) is 1.61. The molecule has 0 saturated heterocycles. The lowest BCUT2D eigenvalue weighted by atomic mass is 10.1. The predicted molar refractivity (Wildman–Crippen MR) is 74.8 cm³/mol. The highest BCUT2D eigenvalue weighted by molar-refractivity contribution is 7.08. The Labute approximate surface area is 115 Å². The van der Waals surface area contributed by atoms with Gasteiger partial charge in [0.2, 0.25) is 0 Å². The third kappa shape index (κ3) is 2.90. The van der Waals surface area contributed by atoms with Gasteiger partial charge in [-0.1, -0.05) is 24.4 Å². The topological polar surface area (TPSA) is 75.1 Å². The second-order valence-corrected chi connectivity index (χ2v) is 5.35. The van der Waals surface area contributed by atoms with Crippen LogP contribution in [0.2, 0.25) is 0 Å². The molecule has 0 radical (unpaired) electrons. The molecule has 0 aliphatic carbocycles. The molecular weight excluding hydrogens is 262 g/mol. The molecule has 1 heterocycles. The summed E-state index contributed by atoms with van der Waals surface area (Å²) in [7, 11) is 0. The minimum Gasteiger partial charge on any atom is -0.508 e. The number of benzene rings is 1. The summed E-state index contributed by atoms with van der Waals surface area (Å²) in [5, 5.41) is 16.3. The fraction of sp³-hybridized carbons (Fsp3) is 0.308. The number of aromatic hydroxyl groups is 1. The Morgan fingerprint density at radius 3 is 2.79 bits per heavy atom. The average Bonchev–Trinajstić information content (AvgIpc) is 2.83. The van der Waals surface area contributed by atoms with Crippen molar-refractivity contribution in [2.45, 2.75) is 26.7 Å². The average molecular weight is 277 g/mol. The van der Waals surface area contributed by atoms with E-state index in [4.69, 9.17) is 0 Å². The van der Waals surface area contributed by atoms with Gasteiger partial charge in [-0.25, -0.2) is 0 Å². The van der Waals surface area contributed by atoms with Crippen molar-refractivity contribution in [2.75, 3.05) is 5.32 Å². The molecule has 0 atom stereocenters. The quantitative estimate of drug-likeness (QED) is 0.904. The second-order valence-electron chi connectivity index (χ2n) is 4.60. The van der Waals surface area contributed by atoms with Crippen molar-refractivity contribution in [1.82, 2.24) is 9.59 Å². The van der Waals surface area contributed by atoms with E-state index in [1.165, 1.54) is 6.07 Å². The molecule has 100 valence electrons.